The Hall–Kier alpha value is -0.725. The molecule has 0 aromatic carbocycles. The lowest BCUT2D eigenvalue weighted by molar-refractivity contribution is 0.747. The maximum absolute atomic E-state index is 4.13. The molecule has 2 nitrogen and oxygen atoms in total. The van der Waals surface area contributed by atoms with Crippen LogP contribution in [-0.4, -0.2) is 17.6 Å². The van der Waals surface area contributed by atoms with Gasteiger partial charge in [-0.15, -0.1) is 0 Å². The lowest BCUT2D eigenvalue weighted by Crippen LogP contribution is -2.04. The zero-order valence-electron chi connectivity index (χ0n) is 5.47. The fourth-order valence-electron chi connectivity index (χ4n) is 0.740. The molecule has 0 radical (unpaired) electrons. The molecule has 0 saturated carbocycles. The first-order valence-corrected chi connectivity index (χ1v) is 2.67. The van der Waals surface area contributed by atoms with Crippen LogP contribution in [0, 0.1) is 6.92 Å². The number of hydrogen-bond acceptors (Lipinski definition) is 1. The molecule has 0 saturated heterocycles. The summed E-state index contributed by atoms with van der Waals surface area (Å²) in [6.07, 6.45) is 0. The Balaban J connectivity index is 3.14. The van der Waals surface area contributed by atoms with Crippen molar-refractivity contribution >= 4 is 13.4 Å². The first kappa shape index (κ1) is 5.41. The molecule has 1 rings (SSSR count). The van der Waals surface area contributed by atoms with E-state index in [1.54, 1.807) is 0 Å². The molecule has 0 aliphatic carbocycles. The number of rotatable bonds is 0. The summed E-state index contributed by atoms with van der Waals surface area (Å²) in [6, 6.07) is 2.06. The summed E-state index contributed by atoms with van der Waals surface area (Å²) in [5, 5.41) is 4.13. The maximum Gasteiger partial charge on any atom is 0.166 e. The van der Waals surface area contributed by atoms with Crippen LogP contribution in [-0.2, 0) is 7.05 Å². The van der Waals surface area contributed by atoms with Crippen LogP contribution in [0.4, 0.5) is 0 Å². The highest BCUT2D eigenvalue weighted by Crippen LogP contribution is 1.86. The van der Waals surface area contributed by atoms with Crippen molar-refractivity contribution in [2.24, 2.45) is 7.05 Å². The molecule has 0 fully saturated rings. The zero-order chi connectivity index (χ0) is 6.15. The summed E-state index contributed by atoms with van der Waals surface area (Å²) in [5.74, 6) is 0. The summed E-state index contributed by atoms with van der Waals surface area (Å²) < 4.78 is 1.87. The van der Waals surface area contributed by atoms with Crippen LogP contribution in [0.15, 0.2) is 6.07 Å². The Morgan fingerprint density at radius 3 is 2.50 bits per heavy atom. The van der Waals surface area contributed by atoms with E-state index in [-0.39, 0.29) is 0 Å². The number of nitrogens with zero attached hydrogens (tertiary/aromatic N) is 2. The smallest absolute Gasteiger partial charge is 0.166 e. The molecule has 42 valence electrons. The Bertz CT molecular complexity index is 173. The normalized spacial score (nSPS) is 9.75. The number of aromatic nitrogens is 2. The minimum atomic E-state index is 1.09. The van der Waals surface area contributed by atoms with Crippen LogP contribution >= 0.6 is 0 Å². The third-order valence-electron chi connectivity index (χ3n) is 1.24. The van der Waals surface area contributed by atoms with E-state index < -0.39 is 0 Å². The average molecular weight is 108 g/mol. The van der Waals surface area contributed by atoms with Gasteiger partial charge in [0, 0.05) is 18.3 Å². The van der Waals surface area contributed by atoms with Gasteiger partial charge >= 0.3 is 0 Å². The second-order valence-electron chi connectivity index (χ2n) is 2.05. The minimum absolute atomic E-state index is 1.09. The van der Waals surface area contributed by atoms with Crippen molar-refractivity contribution < 1.29 is 0 Å². The van der Waals surface area contributed by atoms with Crippen molar-refractivity contribution in [1.29, 1.82) is 0 Å². The minimum Gasteiger partial charge on any atom is -0.274 e. The summed E-state index contributed by atoms with van der Waals surface area (Å²) in [5.41, 5.74) is 2.30. The summed E-state index contributed by atoms with van der Waals surface area (Å²) in [7, 11) is 3.94. The quantitative estimate of drug-likeness (QED) is 0.389. The lowest BCUT2D eigenvalue weighted by Gasteiger charge is -1.87. The van der Waals surface area contributed by atoms with Crippen LogP contribution in [0.3, 0.4) is 0 Å². The summed E-state index contributed by atoms with van der Waals surface area (Å²) in [6.45, 7) is 2.04. The van der Waals surface area contributed by atoms with Crippen molar-refractivity contribution in [3.8, 4) is 0 Å². The van der Waals surface area contributed by atoms with Gasteiger partial charge in [-0.2, -0.15) is 5.10 Å². The van der Waals surface area contributed by atoms with Gasteiger partial charge in [0.1, 0.15) is 0 Å². The van der Waals surface area contributed by atoms with Crippen molar-refractivity contribution in [1.82, 2.24) is 9.78 Å². The fourth-order valence-corrected chi connectivity index (χ4v) is 0.740. The van der Waals surface area contributed by atoms with E-state index in [2.05, 4.69) is 11.2 Å². The zero-order valence-corrected chi connectivity index (χ0v) is 5.47. The molecule has 0 aliphatic rings. The Labute approximate surface area is 49.9 Å². The van der Waals surface area contributed by atoms with E-state index in [1.165, 1.54) is 5.69 Å². The van der Waals surface area contributed by atoms with Gasteiger partial charge in [-0.25, -0.2) is 0 Å². The molecule has 1 aromatic rings. The average Bonchev–Trinajstić information content (AvgIpc) is 1.85. The third kappa shape index (κ3) is 0.758. The van der Waals surface area contributed by atoms with Gasteiger partial charge < -0.3 is 0 Å². The molecule has 0 spiro atoms. The van der Waals surface area contributed by atoms with Gasteiger partial charge in [-0.3, -0.25) is 4.68 Å². The second-order valence-corrected chi connectivity index (χ2v) is 2.05. The van der Waals surface area contributed by atoms with Gasteiger partial charge in [0.05, 0.1) is 0 Å². The van der Waals surface area contributed by atoms with Crippen LogP contribution in [0.1, 0.15) is 5.69 Å². The van der Waals surface area contributed by atoms with Crippen molar-refractivity contribution in [3.05, 3.63) is 11.8 Å². The molecule has 0 aliphatic heterocycles. The van der Waals surface area contributed by atoms with Gasteiger partial charge in [0.15, 0.2) is 7.85 Å². The highest BCUT2D eigenvalue weighted by atomic mass is 15.3. The van der Waals surface area contributed by atoms with Gasteiger partial charge in [-0.1, -0.05) is 0 Å². The van der Waals surface area contributed by atoms with Crippen LogP contribution in [0.2, 0.25) is 0 Å². The van der Waals surface area contributed by atoms with Crippen molar-refractivity contribution in [3.63, 3.8) is 0 Å². The molecule has 0 atom stereocenters. The van der Waals surface area contributed by atoms with E-state index in [0.717, 1.165) is 5.59 Å². The van der Waals surface area contributed by atoms with E-state index in [9.17, 15) is 0 Å². The van der Waals surface area contributed by atoms with Crippen molar-refractivity contribution in [2.75, 3.05) is 0 Å². The second kappa shape index (κ2) is 1.65. The SMILES string of the molecule is Bc1cc(C)n(C)n1. The van der Waals surface area contributed by atoms with Crippen LogP contribution in [0.5, 0.6) is 0 Å². The first-order valence-electron chi connectivity index (χ1n) is 2.67. The summed E-state index contributed by atoms with van der Waals surface area (Å²) >= 11 is 0. The molecule has 0 N–H and O–H groups in total. The molecule has 1 aromatic heterocycles. The van der Waals surface area contributed by atoms with E-state index in [1.807, 2.05) is 26.5 Å². The number of hydrogen-bond donors (Lipinski definition) is 0. The summed E-state index contributed by atoms with van der Waals surface area (Å²) in [4.78, 5) is 0. The molecule has 1 heterocycles. The first-order chi connectivity index (χ1) is 3.70. The molecule has 0 amide bonds. The highest BCUT2D eigenvalue weighted by Gasteiger charge is 1.91. The Morgan fingerprint density at radius 2 is 2.38 bits per heavy atom. The largest absolute Gasteiger partial charge is 0.274 e. The van der Waals surface area contributed by atoms with E-state index >= 15 is 0 Å². The van der Waals surface area contributed by atoms with E-state index in [4.69, 9.17) is 0 Å². The molecule has 3 heteroatoms. The molecular weight excluding hydrogens is 98.9 g/mol. The Kier molecular flexibility index (Phi) is 1.12. The lowest BCUT2D eigenvalue weighted by atomic mass is 10.1. The van der Waals surface area contributed by atoms with Crippen LogP contribution in [0.25, 0.3) is 0 Å². The van der Waals surface area contributed by atoms with Gasteiger partial charge in [-0.05, 0) is 13.0 Å². The number of aryl methyl sites for hydroxylation is 2. The van der Waals surface area contributed by atoms with Gasteiger partial charge in [0.25, 0.3) is 0 Å². The predicted octanol–water partition coefficient (Wildman–Crippen LogP) is -1.01. The molecule has 0 bridgehead atoms. The monoisotopic (exact) mass is 108 g/mol. The molecule has 0 unspecified atom stereocenters. The van der Waals surface area contributed by atoms with Crippen LogP contribution < -0.4 is 5.59 Å². The highest BCUT2D eigenvalue weighted by molar-refractivity contribution is 6.30. The third-order valence-corrected chi connectivity index (χ3v) is 1.24. The van der Waals surface area contributed by atoms with E-state index in [0.29, 0.717) is 0 Å². The Morgan fingerprint density at radius 1 is 1.75 bits per heavy atom. The molecule has 8 heavy (non-hydrogen) atoms. The topological polar surface area (TPSA) is 17.8 Å². The predicted molar refractivity (Wildman–Crippen MR) is 36.1 cm³/mol. The fraction of sp³-hybridized carbons (Fsp3) is 0.400. The standard InChI is InChI=1S/C5H9BN2/c1-4-3-5(6)7-8(4)2/h3H,6H2,1-2H3. The van der Waals surface area contributed by atoms with Crippen molar-refractivity contribution in [2.45, 2.75) is 6.92 Å². The van der Waals surface area contributed by atoms with Gasteiger partial charge in [0.2, 0.25) is 0 Å². The molecular formula is C5H9BN2. The maximum atomic E-state index is 4.13.